The first-order valence-corrected chi connectivity index (χ1v) is 5.64. The molecule has 5 heteroatoms. The third-order valence-corrected chi connectivity index (χ3v) is 2.60. The lowest BCUT2D eigenvalue weighted by atomic mass is 10.1. The lowest BCUT2D eigenvalue weighted by Gasteiger charge is -2.07. The molecule has 0 saturated carbocycles. The number of nitrogen functional groups attached to an aromatic ring is 1. The molecule has 0 aliphatic rings. The molecule has 0 bridgehead atoms. The van der Waals surface area contributed by atoms with Crippen LogP contribution in [-0.4, -0.2) is 5.91 Å². The lowest BCUT2D eigenvalue weighted by Crippen LogP contribution is -2.23. The summed E-state index contributed by atoms with van der Waals surface area (Å²) < 4.78 is 26.3. The monoisotopic (exact) mass is 262 g/mol. The van der Waals surface area contributed by atoms with Crippen molar-refractivity contribution in [3.63, 3.8) is 0 Å². The fourth-order valence-corrected chi connectivity index (χ4v) is 1.64. The number of nitrogens with one attached hydrogen (secondary N) is 1. The lowest BCUT2D eigenvalue weighted by molar-refractivity contribution is 0.0950. The van der Waals surface area contributed by atoms with E-state index >= 15 is 0 Å². The van der Waals surface area contributed by atoms with Crippen LogP contribution in [0.5, 0.6) is 0 Å². The number of rotatable bonds is 3. The van der Waals surface area contributed by atoms with Crippen LogP contribution in [0, 0.1) is 11.6 Å². The van der Waals surface area contributed by atoms with Crippen LogP contribution in [0.1, 0.15) is 15.9 Å². The van der Waals surface area contributed by atoms with Crippen LogP contribution >= 0.6 is 0 Å². The Bertz CT molecular complexity index is 614. The quantitative estimate of drug-likeness (QED) is 0.835. The number of benzene rings is 2. The van der Waals surface area contributed by atoms with Gasteiger partial charge in [0.2, 0.25) is 0 Å². The van der Waals surface area contributed by atoms with E-state index in [1.807, 2.05) is 0 Å². The van der Waals surface area contributed by atoms with Crippen LogP contribution < -0.4 is 11.1 Å². The van der Waals surface area contributed by atoms with E-state index in [2.05, 4.69) is 5.32 Å². The van der Waals surface area contributed by atoms with Gasteiger partial charge in [0.05, 0.1) is 0 Å². The minimum Gasteiger partial charge on any atom is -0.399 e. The van der Waals surface area contributed by atoms with Crippen molar-refractivity contribution >= 4 is 11.6 Å². The fraction of sp³-hybridized carbons (Fsp3) is 0.0714. The highest BCUT2D eigenvalue weighted by Crippen LogP contribution is 2.10. The third kappa shape index (κ3) is 3.28. The zero-order chi connectivity index (χ0) is 13.8. The van der Waals surface area contributed by atoms with Gasteiger partial charge in [-0.2, -0.15) is 0 Å². The molecule has 0 aromatic heterocycles. The minimum absolute atomic E-state index is 0.0861. The molecule has 2 aromatic rings. The van der Waals surface area contributed by atoms with Gasteiger partial charge in [-0.15, -0.1) is 0 Å². The molecule has 0 spiro atoms. The number of anilines is 1. The molecule has 3 nitrogen and oxygen atoms in total. The Morgan fingerprint density at radius 3 is 2.68 bits per heavy atom. The van der Waals surface area contributed by atoms with Gasteiger partial charge in [0.15, 0.2) is 0 Å². The maximum atomic E-state index is 13.3. The summed E-state index contributed by atoms with van der Waals surface area (Å²) in [6.07, 6.45) is 0. The molecule has 0 atom stereocenters. The molecule has 2 aromatic carbocycles. The largest absolute Gasteiger partial charge is 0.399 e. The van der Waals surface area contributed by atoms with Crippen LogP contribution in [0.2, 0.25) is 0 Å². The molecule has 0 aliphatic carbocycles. The molecule has 3 N–H and O–H groups in total. The summed E-state index contributed by atoms with van der Waals surface area (Å²) in [4.78, 5) is 11.8. The van der Waals surface area contributed by atoms with Crippen molar-refractivity contribution in [2.45, 2.75) is 6.54 Å². The second-order valence-corrected chi connectivity index (χ2v) is 4.04. The highest BCUT2D eigenvalue weighted by atomic mass is 19.1. The maximum Gasteiger partial charge on any atom is 0.251 e. The van der Waals surface area contributed by atoms with Gasteiger partial charge < -0.3 is 11.1 Å². The van der Waals surface area contributed by atoms with E-state index in [4.69, 9.17) is 5.73 Å². The zero-order valence-corrected chi connectivity index (χ0v) is 9.99. The zero-order valence-electron chi connectivity index (χ0n) is 9.99. The van der Waals surface area contributed by atoms with E-state index < -0.39 is 17.5 Å². The molecule has 19 heavy (non-hydrogen) atoms. The summed E-state index contributed by atoms with van der Waals surface area (Å²) in [5, 5.41) is 2.51. The highest BCUT2D eigenvalue weighted by molar-refractivity contribution is 5.94. The molecule has 98 valence electrons. The van der Waals surface area contributed by atoms with Crippen molar-refractivity contribution in [1.82, 2.24) is 5.32 Å². The molecule has 0 saturated heterocycles. The van der Waals surface area contributed by atoms with Crippen molar-refractivity contribution in [1.29, 1.82) is 0 Å². The average Bonchev–Trinajstić information content (AvgIpc) is 2.39. The number of hydrogen-bond donors (Lipinski definition) is 2. The maximum absolute atomic E-state index is 13.3. The van der Waals surface area contributed by atoms with Crippen LogP contribution in [0.3, 0.4) is 0 Å². The fourth-order valence-electron chi connectivity index (χ4n) is 1.64. The first kappa shape index (κ1) is 13.0. The topological polar surface area (TPSA) is 55.1 Å². The Morgan fingerprint density at radius 1 is 1.16 bits per heavy atom. The highest BCUT2D eigenvalue weighted by Gasteiger charge is 2.08. The Balaban J connectivity index is 2.06. The predicted molar refractivity (Wildman–Crippen MR) is 68.4 cm³/mol. The summed E-state index contributed by atoms with van der Waals surface area (Å²) >= 11 is 0. The third-order valence-electron chi connectivity index (χ3n) is 2.60. The number of carbonyl (C=O) groups is 1. The van der Waals surface area contributed by atoms with Crippen molar-refractivity contribution in [3.05, 3.63) is 65.2 Å². The van der Waals surface area contributed by atoms with Gasteiger partial charge in [0.25, 0.3) is 5.91 Å². The SMILES string of the molecule is Nc1cccc(C(=O)NCc2cc(F)ccc2F)c1. The number of halogens is 2. The van der Waals surface area contributed by atoms with Crippen LogP contribution in [0.25, 0.3) is 0 Å². The van der Waals surface area contributed by atoms with Crippen LogP contribution in [0.15, 0.2) is 42.5 Å². The molecule has 0 heterocycles. The van der Waals surface area contributed by atoms with E-state index in [9.17, 15) is 13.6 Å². The van der Waals surface area contributed by atoms with Crippen molar-refractivity contribution in [2.24, 2.45) is 0 Å². The van der Waals surface area contributed by atoms with Gasteiger partial charge in [-0.1, -0.05) is 6.07 Å². The number of hydrogen-bond acceptors (Lipinski definition) is 2. The summed E-state index contributed by atoms with van der Waals surface area (Å²) in [6.45, 7) is -0.0861. The van der Waals surface area contributed by atoms with Gasteiger partial charge in [-0.05, 0) is 36.4 Å². The number of carbonyl (C=O) groups excluding carboxylic acids is 1. The van der Waals surface area contributed by atoms with Crippen molar-refractivity contribution in [3.8, 4) is 0 Å². The predicted octanol–water partition coefficient (Wildman–Crippen LogP) is 2.48. The van der Waals surface area contributed by atoms with Crippen LogP contribution in [0.4, 0.5) is 14.5 Å². The second-order valence-electron chi connectivity index (χ2n) is 4.04. The van der Waals surface area contributed by atoms with E-state index in [1.54, 1.807) is 18.2 Å². The molecule has 0 unspecified atom stereocenters. The van der Waals surface area contributed by atoms with Gasteiger partial charge in [0, 0.05) is 23.4 Å². The van der Waals surface area contributed by atoms with Crippen molar-refractivity contribution < 1.29 is 13.6 Å². The first-order chi connectivity index (χ1) is 9.06. The van der Waals surface area contributed by atoms with Crippen LogP contribution in [-0.2, 0) is 6.54 Å². The molecule has 0 fully saturated rings. The van der Waals surface area contributed by atoms with Gasteiger partial charge >= 0.3 is 0 Å². The van der Waals surface area contributed by atoms with Gasteiger partial charge in [-0.25, -0.2) is 8.78 Å². The second kappa shape index (κ2) is 5.48. The Labute approximate surface area is 109 Å². The van der Waals surface area contributed by atoms with Gasteiger partial charge in [-0.3, -0.25) is 4.79 Å². The Kier molecular flexibility index (Phi) is 3.75. The van der Waals surface area contributed by atoms with E-state index in [0.717, 1.165) is 18.2 Å². The van der Waals surface area contributed by atoms with Gasteiger partial charge in [0.1, 0.15) is 11.6 Å². The first-order valence-electron chi connectivity index (χ1n) is 5.64. The standard InChI is InChI=1S/C14H12F2N2O/c15-11-4-5-13(16)10(6-11)8-18-14(19)9-2-1-3-12(17)7-9/h1-7H,8,17H2,(H,18,19). The number of amides is 1. The smallest absolute Gasteiger partial charge is 0.251 e. The molecule has 0 radical (unpaired) electrons. The minimum atomic E-state index is -0.561. The molecule has 0 aliphatic heterocycles. The number of nitrogens with two attached hydrogens (primary N) is 1. The summed E-state index contributed by atoms with van der Waals surface area (Å²) in [5.74, 6) is -1.50. The van der Waals surface area contributed by atoms with E-state index in [0.29, 0.717) is 11.3 Å². The molecular weight excluding hydrogens is 250 g/mol. The average molecular weight is 262 g/mol. The molecule has 1 amide bonds. The molecular formula is C14H12F2N2O. The molecule has 2 rings (SSSR count). The van der Waals surface area contributed by atoms with Crippen molar-refractivity contribution in [2.75, 3.05) is 5.73 Å². The summed E-state index contributed by atoms with van der Waals surface area (Å²) in [7, 11) is 0. The Hall–Kier alpha value is -2.43. The summed E-state index contributed by atoms with van der Waals surface area (Å²) in [6, 6.07) is 9.51. The van der Waals surface area contributed by atoms with E-state index in [-0.39, 0.29) is 12.1 Å². The normalized spacial score (nSPS) is 10.2. The Morgan fingerprint density at radius 2 is 1.95 bits per heavy atom. The summed E-state index contributed by atoms with van der Waals surface area (Å²) in [5.41, 5.74) is 6.49. The van der Waals surface area contributed by atoms with E-state index in [1.165, 1.54) is 6.07 Å².